The minimum absolute atomic E-state index is 0.710. The predicted molar refractivity (Wildman–Crippen MR) is 38.8 cm³/mol. The molecule has 0 heterocycles. The summed E-state index contributed by atoms with van der Waals surface area (Å²) in [5, 5.41) is 17.7. The van der Waals surface area contributed by atoms with Crippen LogP contribution >= 0.6 is 8.25 Å². The lowest BCUT2D eigenvalue weighted by Gasteiger charge is -2.11. The largest absolute Gasteiger partial charge is 0.694 e. The van der Waals surface area contributed by atoms with Crippen LogP contribution in [0.2, 0.25) is 0 Å². The van der Waals surface area contributed by atoms with E-state index in [1.165, 1.54) is 0 Å². The highest BCUT2D eigenvalue weighted by Gasteiger charge is 2.27. The Morgan fingerprint density at radius 3 is 2.46 bits per heavy atom. The Morgan fingerprint density at radius 1 is 1.54 bits per heavy atom. The lowest BCUT2D eigenvalue weighted by atomic mass is 10.1. The van der Waals surface area contributed by atoms with Crippen LogP contribution < -0.4 is 0 Å². The summed E-state index contributed by atoms with van der Waals surface area (Å²) in [7, 11) is -2.91. The number of halogens is 1. The maximum atomic E-state index is 11.6. The van der Waals surface area contributed by atoms with Gasteiger partial charge >= 0.3 is 8.25 Å². The van der Waals surface area contributed by atoms with Gasteiger partial charge in [0.15, 0.2) is 12.5 Å². The SMILES string of the molecule is O=C(CF)C(O)C(O)CO[P+](=O)O. The fourth-order valence-corrected chi connectivity index (χ4v) is 0.805. The number of carbonyl (C=O) groups excluding carboxylic acids is 1. The number of ketones is 1. The third kappa shape index (κ3) is 4.97. The zero-order chi connectivity index (χ0) is 10.4. The molecule has 0 aromatic carbocycles. The normalized spacial score (nSPS) is 16.5. The molecule has 0 bridgehead atoms. The van der Waals surface area contributed by atoms with E-state index in [-0.39, 0.29) is 0 Å². The van der Waals surface area contributed by atoms with E-state index >= 15 is 0 Å². The summed E-state index contributed by atoms with van der Waals surface area (Å²) >= 11 is 0. The third-order valence-corrected chi connectivity index (χ3v) is 1.55. The number of Topliss-reactive ketones (excluding diaryl/α,β-unsaturated/α-hetero) is 1. The summed E-state index contributed by atoms with van der Waals surface area (Å²) < 4.78 is 25.6. The van der Waals surface area contributed by atoms with Gasteiger partial charge in [0.25, 0.3) is 0 Å². The van der Waals surface area contributed by atoms with Crippen LogP contribution in [0.25, 0.3) is 0 Å². The van der Waals surface area contributed by atoms with Crippen molar-refractivity contribution in [3.63, 3.8) is 0 Å². The van der Waals surface area contributed by atoms with Gasteiger partial charge in [-0.15, -0.1) is 9.42 Å². The Bertz CT molecular complexity index is 197. The minimum Gasteiger partial charge on any atom is -0.387 e. The first-order valence-electron chi connectivity index (χ1n) is 3.23. The molecular formula is C5H9FO6P+. The second-order valence-corrected chi connectivity index (χ2v) is 2.88. The first-order chi connectivity index (χ1) is 5.99. The van der Waals surface area contributed by atoms with Crippen molar-refractivity contribution in [2.24, 2.45) is 0 Å². The molecule has 13 heavy (non-hydrogen) atoms. The van der Waals surface area contributed by atoms with Gasteiger partial charge in [0, 0.05) is 4.57 Å². The van der Waals surface area contributed by atoms with E-state index < -0.39 is 39.5 Å². The number of carbonyl (C=O) groups is 1. The summed E-state index contributed by atoms with van der Waals surface area (Å²) in [6.45, 7) is -2.12. The third-order valence-electron chi connectivity index (χ3n) is 1.18. The predicted octanol–water partition coefficient (Wildman–Crippen LogP) is -1.09. The molecule has 0 fully saturated rings. The Balaban J connectivity index is 3.88. The van der Waals surface area contributed by atoms with Gasteiger partial charge in [-0.2, -0.15) is 0 Å². The summed E-state index contributed by atoms with van der Waals surface area (Å²) in [6, 6.07) is 0. The molecule has 6 nitrogen and oxygen atoms in total. The second-order valence-electron chi connectivity index (χ2n) is 2.15. The van der Waals surface area contributed by atoms with Gasteiger partial charge in [0.05, 0.1) is 0 Å². The monoisotopic (exact) mass is 215 g/mol. The molecule has 0 aliphatic heterocycles. The molecule has 0 aliphatic carbocycles. The molecule has 3 N–H and O–H groups in total. The van der Waals surface area contributed by atoms with Crippen molar-refractivity contribution >= 4 is 14.0 Å². The maximum Gasteiger partial charge on any atom is 0.694 e. The first-order valence-corrected chi connectivity index (χ1v) is 4.36. The van der Waals surface area contributed by atoms with E-state index in [0.29, 0.717) is 0 Å². The number of rotatable bonds is 6. The number of alkyl halides is 1. The van der Waals surface area contributed by atoms with Gasteiger partial charge in [-0.05, 0) is 0 Å². The van der Waals surface area contributed by atoms with Gasteiger partial charge in [0.2, 0.25) is 0 Å². The van der Waals surface area contributed by atoms with Crippen LogP contribution in [-0.2, 0) is 13.9 Å². The average molecular weight is 215 g/mol. The summed E-state index contributed by atoms with van der Waals surface area (Å²) in [5.74, 6) is -1.20. The lowest BCUT2D eigenvalue weighted by Crippen LogP contribution is -2.37. The summed E-state index contributed by atoms with van der Waals surface area (Å²) in [5.41, 5.74) is 0. The molecule has 0 spiro atoms. The van der Waals surface area contributed by atoms with Crippen LogP contribution in [0.1, 0.15) is 0 Å². The van der Waals surface area contributed by atoms with Crippen molar-refractivity contribution in [1.29, 1.82) is 0 Å². The van der Waals surface area contributed by atoms with Crippen LogP contribution in [0, 0.1) is 0 Å². The molecule has 0 aromatic rings. The second kappa shape index (κ2) is 6.06. The van der Waals surface area contributed by atoms with Crippen molar-refractivity contribution in [3.8, 4) is 0 Å². The molecular weight excluding hydrogens is 206 g/mol. The molecule has 0 amide bonds. The van der Waals surface area contributed by atoms with Crippen molar-refractivity contribution in [2.75, 3.05) is 13.3 Å². The van der Waals surface area contributed by atoms with E-state index in [1.807, 2.05) is 0 Å². The van der Waals surface area contributed by atoms with Crippen LogP contribution in [0.15, 0.2) is 0 Å². The van der Waals surface area contributed by atoms with Gasteiger partial charge in [0.1, 0.15) is 18.8 Å². The summed E-state index contributed by atoms with van der Waals surface area (Å²) in [4.78, 5) is 18.5. The number of hydrogen-bond acceptors (Lipinski definition) is 5. The van der Waals surface area contributed by atoms with Crippen LogP contribution in [0.3, 0.4) is 0 Å². The molecule has 8 heteroatoms. The van der Waals surface area contributed by atoms with E-state index in [0.717, 1.165) is 0 Å². The maximum absolute atomic E-state index is 11.6. The molecule has 3 unspecified atom stereocenters. The van der Waals surface area contributed by atoms with E-state index in [9.17, 15) is 13.8 Å². The zero-order valence-electron chi connectivity index (χ0n) is 6.46. The number of aliphatic hydroxyl groups excluding tert-OH is 2. The highest BCUT2D eigenvalue weighted by Crippen LogP contribution is 2.15. The van der Waals surface area contributed by atoms with Gasteiger partial charge in [-0.25, -0.2) is 4.39 Å². The van der Waals surface area contributed by atoms with Gasteiger partial charge < -0.3 is 10.2 Å². The van der Waals surface area contributed by atoms with Crippen molar-refractivity contribution in [1.82, 2.24) is 0 Å². The lowest BCUT2D eigenvalue weighted by molar-refractivity contribution is -0.135. The standard InChI is InChI=1S/C5H8FO6P/c6-1-3(7)5(9)4(8)2-12-13(10)11/h4-5,8-9H,1-2H2/p+1. The number of hydrogen-bond donors (Lipinski definition) is 3. The number of aliphatic hydroxyl groups is 2. The highest BCUT2D eigenvalue weighted by molar-refractivity contribution is 7.32. The molecule has 76 valence electrons. The quantitative estimate of drug-likeness (QED) is 0.486. The van der Waals surface area contributed by atoms with Crippen molar-refractivity contribution in [2.45, 2.75) is 12.2 Å². The van der Waals surface area contributed by atoms with Crippen LogP contribution in [-0.4, -0.2) is 46.4 Å². The molecule has 0 rings (SSSR count). The molecule has 3 atom stereocenters. The zero-order valence-corrected chi connectivity index (χ0v) is 7.35. The Morgan fingerprint density at radius 2 is 2.08 bits per heavy atom. The van der Waals surface area contributed by atoms with Crippen LogP contribution in [0.4, 0.5) is 4.39 Å². The minimum atomic E-state index is -2.91. The molecule has 0 saturated heterocycles. The average Bonchev–Trinajstić information content (AvgIpc) is 2.11. The molecule has 0 aromatic heterocycles. The van der Waals surface area contributed by atoms with Crippen LogP contribution in [0.5, 0.6) is 0 Å². The summed E-state index contributed by atoms with van der Waals surface area (Å²) in [6.07, 6.45) is -3.63. The van der Waals surface area contributed by atoms with Gasteiger partial charge in [-0.1, -0.05) is 0 Å². The van der Waals surface area contributed by atoms with E-state index in [1.54, 1.807) is 0 Å². The molecule has 0 aliphatic rings. The Labute approximate surface area is 73.9 Å². The van der Waals surface area contributed by atoms with Gasteiger partial charge in [-0.3, -0.25) is 4.79 Å². The first kappa shape index (κ1) is 12.5. The molecule has 0 radical (unpaired) electrons. The smallest absolute Gasteiger partial charge is 0.387 e. The topological polar surface area (TPSA) is 104 Å². The van der Waals surface area contributed by atoms with Crippen molar-refractivity contribution < 1.29 is 33.4 Å². The van der Waals surface area contributed by atoms with E-state index in [4.69, 9.17) is 15.1 Å². The fourth-order valence-electron chi connectivity index (χ4n) is 0.525. The van der Waals surface area contributed by atoms with E-state index in [2.05, 4.69) is 4.52 Å². The molecule has 0 saturated carbocycles. The van der Waals surface area contributed by atoms with Crippen molar-refractivity contribution in [3.05, 3.63) is 0 Å². The highest BCUT2D eigenvalue weighted by atomic mass is 31.1. The Kier molecular flexibility index (Phi) is 5.85. The Hall–Kier alpha value is -0.460. The fraction of sp³-hybridized carbons (Fsp3) is 0.800.